The fourth-order valence-corrected chi connectivity index (χ4v) is 4.77. The maximum Gasteiger partial charge on any atom is 0.221 e. The number of carbonyl (C=O) groups is 1. The highest BCUT2D eigenvalue weighted by Crippen LogP contribution is 2.35. The highest BCUT2D eigenvalue weighted by Gasteiger charge is 2.23. The zero-order valence-corrected chi connectivity index (χ0v) is 20.7. The lowest BCUT2D eigenvalue weighted by Crippen LogP contribution is -2.25. The molecular formula is C32H29FN2O2. The average Bonchev–Trinajstić information content (AvgIpc) is 3.30. The predicted molar refractivity (Wildman–Crippen MR) is 145 cm³/mol. The predicted octanol–water partition coefficient (Wildman–Crippen LogP) is 6.68. The minimum atomic E-state index is -0.294. The van der Waals surface area contributed by atoms with Crippen molar-refractivity contribution in [2.75, 3.05) is 7.11 Å². The first-order valence-corrected chi connectivity index (χ1v) is 12.4. The number of ether oxygens (including phenoxy) is 1. The number of amides is 1. The molecule has 1 unspecified atom stereocenters. The molecule has 1 heterocycles. The summed E-state index contributed by atoms with van der Waals surface area (Å²) in [6, 6.07) is 32.6. The largest absolute Gasteiger partial charge is 0.497 e. The molecular weight excluding hydrogens is 463 g/mol. The lowest BCUT2D eigenvalue weighted by atomic mass is 9.88. The Morgan fingerprint density at radius 1 is 0.865 bits per heavy atom. The van der Waals surface area contributed by atoms with Gasteiger partial charge in [0.1, 0.15) is 11.6 Å². The summed E-state index contributed by atoms with van der Waals surface area (Å²) in [4.78, 5) is 13.1. The first-order chi connectivity index (χ1) is 18.1. The van der Waals surface area contributed by atoms with Gasteiger partial charge >= 0.3 is 0 Å². The SMILES string of the molecule is COc1ccc(Cn2cc(C(CC(=O)NCc3ccccc3)c3ccc(F)cc3)c3ccccc32)cc1. The Morgan fingerprint density at radius 2 is 1.57 bits per heavy atom. The lowest BCUT2D eigenvalue weighted by molar-refractivity contribution is -0.121. The van der Waals surface area contributed by atoms with Crippen molar-refractivity contribution in [1.29, 1.82) is 0 Å². The first-order valence-electron chi connectivity index (χ1n) is 12.4. The summed E-state index contributed by atoms with van der Waals surface area (Å²) < 4.78 is 21.3. The number of hydrogen-bond acceptors (Lipinski definition) is 2. The number of aromatic nitrogens is 1. The third kappa shape index (κ3) is 5.72. The van der Waals surface area contributed by atoms with E-state index in [4.69, 9.17) is 4.74 Å². The fourth-order valence-electron chi connectivity index (χ4n) is 4.77. The van der Waals surface area contributed by atoms with Gasteiger partial charge < -0.3 is 14.6 Å². The molecule has 1 N–H and O–H groups in total. The molecule has 5 heteroatoms. The summed E-state index contributed by atoms with van der Waals surface area (Å²) in [7, 11) is 1.66. The van der Waals surface area contributed by atoms with Gasteiger partial charge in [0.2, 0.25) is 5.91 Å². The maximum atomic E-state index is 13.8. The van der Waals surface area contributed by atoms with Gasteiger partial charge in [0, 0.05) is 42.5 Å². The van der Waals surface area contributed by atoms with Crippen molar-refractivity contribution in [1.82, 2.24) is 9.88 Å². The van der Waals surface area contributed by atoms with Crippen molar-refractivity contribution in [3.05, 3.63) is 137 Å². The van der Waals surface area contributed by atoms with Crippen molar-refractivity contribution in [3.8, 4) is 5.75 Å². The molecule has 186 valence electrons. The molecule has 0 aliphatic rings. The van der Waals surface area contributed by atoms with Crippen molar-refractivity contribution < 1.29 is 13.9 Å². The van der Waals surface area contributed by atoms with Crippen LogP contribution in [-0.2, 0) is 17.9 Å². The molecule has 0 saturated carbocycles. The van der Waals surface area contributed by atoms with E-state index < -0.39 is 0 Å². The number of nitrogens with one attached hydrogen (secondary N) is 1. The van der Waals surface area contributed by atoms with Crippen LogP contribution < -0.4 is 10.1 Å². The summed E-state index contributed by atoms with van der Waals surface area (Å²) in [6.07, 6.45) is 2.39. The third-order valence-electron chi connectivity index (χ3n) is 6.70. The molecule has 0 spiro atoms. The number of nitrogens with zero attached hydrogens (tertiary/aromatic N) is 1. The lowest BCUT2D eigenvalue weighted by Gasteiger charge is -2.17. The molecule has 0 saturated heterocycles. The summed E-state index contributed by atoms with van der Waals surface area (Å²) >= 11 is 0. The van der Waals surface area contributed by atoms with Gasteiger partial charge in [-0.15, -0.1) is 0 Å². The molecule has 5 aromatic rings. The molecule has 1 amide bonds. The Balaban J connectivity index is 1.48. The zero-order valence-electron chi connectivity index (χ0n) is 20.7. The molecule has 0 fully saturated rings. The number of benzene rings is 4. The van der Waals surface area contributed by atoms with E-state index in [1.54, 1.807) is 19.2 Å². The van der Waals surface area contributed by atoms with Crippen LogP contribution in [0.4, 0.5) is 4.39 Å². The van der Waals surface area contributed by atoms with E-state index in [9.17, 15) is 9.18 Å². The number of carbonyl (C=O) groups excluding carboxylic acids is 1. The number of rotatable bonds is 9. The highest BCUT2D eigenvalue weighted by molar-refractivity contribution is 5.86. The second kappa shape index (κ2) is 11.1. The van der Waals surface area contributed by atoms with Gasteiger partial charge in [-0.2, -0.15) is 0 Å². The van der Waals surface area contributed by atoms with Crippen LogP contribution in [0.1, 0.15) is 34.6 Å². The van der Waals surface area contributed by atoms with E-state index in [0.717, 1.165) is 38.9 Å². The monoisotopic (exact) mass is 492 g/mol. The van der Waals surface area contributed by atoms with Crippen LogP contribution >= 0.6 is 0 Å². The normalized spacial score (nSPS) is 11.8. The molecule has 4 nitrogen and oxygen atoms in total. The van der Waals surface area contributed by atoms with E-state index in [-0.39, 0.29) is 24.1 Å². The van der Waals surface area contributed by atoms with E-state index in [1.165, 1.54) is 12.1 Å². The Bertz CT molecular complexity index is 1480. The minimum absolute atomic E-state index is 0.0508. The van der Waals surface area contributed by atoms with Gasteiger partial charge in [-0.05, 0) is 52.6 Å². The van der Waals surface area contributed by atoms with Crippen LogP contribution in [0, 0.1) is 5.82 Å². The van der Waals surface area contributed by atoms with E-state index in [0.29, 0.717) is 13.1 Å². The van der Waals surface area contributed by atoms with Gasteiger partial charge in [-0.25, -0.2) is 4.39 Å². The molecule has 0 bridgehead atoms. The van der Waals surface area contributed by atoms with Crippen LogP contribution in [0.3, 0.4) is 0 Å². The van der Waals surface area contributed by atoms with Crippen molar-refractivity contribution in [2.45, 2.75) is 25.4 Å². The van der Waals surface area contributed by atoms with Crippen LogP contribution in [-0.4, -0.2) is 17.6 Å². The number of para-hydroxylation sites is 1. The van der Waals surface area contributed by atoms with E-state index in [1.807, 2.05) is 54.6 Å². The fraction of sp³-hybridized carbons (Fsp3) is 0.156. The molecule has 1 atom stereocenters. The van der Waals surface area contributed by atoms with Crippen LogP contribution in [0.5, 0.6) is 5.75 Å². The van der Waals surface area contributed by atoms with Crippen LogP contribution in [0.2, 0.25) is 0 Å². The Hall–Kier alpha value is -4.38. The zero-order chi connectivity index (χ0) is 25.6. The number of halogens is 1. The Labute approximate surface area is 216 Å². The minimum Gasteiger partial charge on any atom is -0.497 e. The third-order valence-corrected chi connectivity index (χ3v) is 6.70. The van der Waals surface area contributed by atoms with Gasteiger partial charge in [0.05, 0.1) is 7.11 Å². The Kier molecular flexibility index (Phi) is 7.31. The smallest absolute Gasteiger partial charge is 0.221 e. The van der Waals surface area contributed by atoms with Crippen LogP contribution in [0.15, 0.2) is 109 Å². The topological polar surface area (TPSA) is 43.3 Å². The molecule has 37 heavy (non-hydrogen) atoms. The molecule has 5 rings (SSSR count). The van der Waals surface area contributed by atoms with Gasteiger partial charge in [0.15, 0.2) is 0 Å². The number of hydrogen-bond donors (Lipinski definition) is 1. The highest BCUT2D eigenvalue weighted by atomic mass is 19.1. The second-order valence-electron chi connectivity index (χ2n) is 9.15. The van der Waals surface area contributed by atoms with Crippen molar-refractivity contribution in [2.24, 2.45) is 0 Å². The number of methoxy groups -OCH3 is 1. The molecule has 1 aromatic heterocycles. The molecule has 4 aromatic carbocycles. The summed E-state index contributed by atoms with van der Waals surface area (Å²) in [6.45, 7) is 1.15. The maximum absolute atomic E-state index is 13.8. The number of fused-ring (bicyclic) bond motifs is 1. The van der Waals surface area contributed by atoms with Crippen molar-refractivity contribution in [3.63, 3.8) is 0 Å². The summed E-state index contributed by atoms with van der Waals surface area (Å²) in [5.41, 5.74) is 5.23. The summed E-state index contributed by atoms with van der Waals surface area (Å²) in [5.74, 6) is 0.251. The van der Waals surface area contributed by atoms with Crippen molar-refractivity contribution >= 4 is 16.8 Å². The van der Waals surface area contributed by atoms with Crippen LogP contribution in [0.25, 0.3) is 10.9 Å². The van der Waals surface area contributed by atoms with E-state index >= 15 is 0 Å². The molecule has 0 aliphatic carbocycles. The van der Waals surface area contributed by atoms with Gasteiger partial charge in [-0.1, -0.05) is 72.8 Å². The quantitative estimate of drug-likeness (QED) is 0.250. The van der Waals surface area contributed by atoms with E-state index in [2.05, 4.69) is 40.3 Å². The second-order valence-corrected chi connectivity index (χ2v) is 9.15. The molecule has 0 aliphatic heterocycles. The van der Waals surface area contributed by atoms with Gasteiger partial charge in [0.25, 0.3) is 0 Å². The first kappa shape index (κ1) is 24.3. The Morgan fingerprint density at radius 3 is 2.30 bits per heavy atom. The standard InChI is InChI=1S/C32H29FN2O2/c1-37-27-17-11-24(12-18-27)21-35-22-30(28-9-5-6-10-31(28)35)29(25-13-15-26(33)16-14-25)19-32(36)34-20-23-7-3-2-4-8-23/h2-18,22,29H,19-21H2,1H3,(H,34,36). The molecule has 0 radical (unpaired) electrons. The summed E-state index contributed by atoms with van der Waals surface area (Å²) in [5, 5.41) is 4.14. The average molecular weight is 493 g/mol. The van der Waals surface area contributed by atoms with Gasteiger partial charge in [-0.3, -0.25) is 4.79 Å².